The van der Waals surface area contributed by atoms with Crippen molar-refractivity contribution in [3.8, 4) is 22.3 Å². The van der Waals surface area contributed by atoms with Gasteiger partial charge < -0.3 is 5.11 Å². The van der Waals surface area contributed by atoms with E-state index in [1.165, 1.54) is 36.4 Å². The number of hydrogen-bond acceptors (Lipinski definition) is 1. The van der Waals surface area contributed by atoms with Crippen molar-refractivity contribution < 1.29 is 36.2 Å². The highest BCUT2D eigenvalue weighted by molar-refractivity contribution is 6.33. The standard InChI is InChI=1S/C26H21ClF6O2/c1-14(2)11-21(24(34)35)18-9-7-15(17-10-8-16(13-23(17)27)25(28,29)30)12-20(18)19-5-3-4-6-22(19)26(31,32)33/h3-10,12-14,21H,11H2,1-2H3,(H,34,35). The number of rotatable bonds is 6. The van der Waals surface area contributed by atoms with E-state index in [9.17, 15) is 36.2 Å². The van der Waals surface area contributed by atoms with Gasteiger partial charge in [-0.1, -0.05) is 61.8 Å². The maximum absolute atomic E-state index is 13.8. The fraction of sp³-hybridized carbons (Fsp3) is 0.269. The minimum Gasteiger partial charge on any atom is -0.481 e. The molecule has 0 heterocycles. The van der Waals surface area contributed by atoms with E-state index in [1.54, 1.807) is 13.8 Å². The number of aliphatic carboxylic acids is 1. The van der Waals surface area contributed by atoms with Crippen LogP contribution in [0.15, 0.2) is 60.7 Å². The first-order chi connectivity index (χ1) is 16.2. The molecule has 0 amide bonds. The first kappa shape index (κ1) is 26.6. The molecule has 1 atom stereocenters. The smallest absolute Gasteiger partial charge is 0.417 e. The highest BCUT2D eigenvalue weighted by atomic mass is 35.5. The van der Waals surface area contributed by atoms with Crippen molar-refractivity contribution in [2.45, 2.75) is 38.5 Å². The molecule has 1 unspecified atom stereocenters. The normalized spacial score (nSPS) is 13.2. The molecule has 1 N–H and O–H groups in total. The number of carboxylic acids is 1. The molecule has 0 radical (unpaired) electrons. The topological polar surface area (TPSA) is 37.3 Å². The summed E-state index contributed by atoms with van der Waals surface area (Å²) in [6.45, 7) is 3.60. The van der Waals surface area contributed by atoms with Crippen LogP contribution in [0.5, 0.6) is 0 Å². The third-order valence-electron chi connectivity index (χ3n) is 5.56. The largest absolute Gasteiger partial charge is 0.481 e. The van der Waals surface area contributed by atoms with Crippen LogP contribution in [-0.4, -0.2) is 11.1 Å². The van der Waals surface area contributed by atoms with Gasteiger partial charge in [-0.3, -0.25) is 4.79 Å². The van der Waals surface area contributed by atoms with Gasteiger partial charge in [0.25, 0.3) is 0 Å². The second kappa shape index (κ2) is 9.93. The van der Waals surface area contributed by atoms with Gasteiger partial charge in [-0.05, 0) is 58.9 Å². The van der Waals surface area contributed by atoms with Gasteiger partial charge in [0.15, 0.2) is 0 Å². The number of carbonyl (C=O) groups is 1. The molecule has 0 bridgehead atoms. The first-order valence-corrected chi connectivity index (χ1v) is 11.0. The summed E-state index contributed by atoms with van der Waals surface area (Å²) in [4.78, 5) is 12.1. The Balaban J connectivity index is 2.29. The van der Waals surface area contributed by atoms with Gasteiger partial charge in [-0.25, -0.2) is 0 Å². The van der Waals surface area contributed by atoms with Crippen molar-refractivity contribution in [2.75, 3.05) is 0 Å². The van der Waals surface area contributed by atoms with Crippen LogP contribution in [0.2, 0.25) is 5.02 Å². The Morgan fingerprint density at radius 2 is 1.51 bits per heavy atom. The Bertz CT molecular complexity index is 1230. The molecule has 0 fully saturated rings. The molecule has 0 aliphatic carbocycles. The number of carboxylic acid groups (broad SMARTS) is 1. The van der Waals surface area contributed by atoms with Crippen molar-refractivity contribution in [1.82, 2.24) is 0 Å². The van der Waals surface area contributed by atoms with Gasteiger partial charge >= 0.3 is 18.3 Å². The van der Waals surface area contributed by atoms with Crippen LogP contribution in [0.25, 0.3) is 22.3 Å². The summed E-state index contributed by atoms with van der Waals surface area (Å²) in [5.74, 6) is -2.35. The van der Waals surface area contributed by atoms with E-state index >= 15 is 0 Å². The molecule has 186 valence electrons. The van der Waals surface area contributed by atoms with Crippen LogP contribution in [0, 0.1) is 5.92 Å². The molecule has 9 heteroatoms. The van der Waals surface area contributed by atoms with Crippen molar-refractivity contribution in [2.24, 2.45) is 5.92 Å². The second-order valence-corrected chi connectivity index (χ2v) is 8.97. The summed E-state index contributed by atoms with van der Waals surface area (Å²) in [6, 6.07) is 11.7. The molecule has 0 saturated heterocycles. The highest BCUT2D eigenvalue weighted by Gasteiger charge is 2.35. The van der Waals surface area contributed by atoms with Gasteiger partial charge in [0, 0.05) is 10.6 Å². The lowest BCUT2D eigenvalue weighted by molar-refractivity contribution is -0.139. The maximum Gasteiger partial charge on any atom is 0.417 e. The van der Waals surface area contributed by atoms with E-state index in [4.69, 9.17) is 11.6 Å². The van der Waals surface area contributed by atoms with E-state index in [2.05, 4.69) is 0 Å². The predicted molar refractivity (Wildman–Crippen MR) is 122 cm³/mol. The Morgan fingerprint density at radius 3 is 2.06 bits per heavy atom. The summed E-state index contributed by atoms with van der Waals surface area (Å²) in [6.07, 6.45) is -9.15. The molecule has 3 aromatic rings. The van der Waals surface area contributed by atoms with E-state index in [0.717, 1.165) is 24.3 Å². The van der Waals surface area contributed by atoms with Gasteiger partial charge in [-0.15, -0.1) is 0 Å². The van der Waals surface area contributed by atoms with Crippen LogP contribution in [0.3, 0.4) is 0 Å². The summed E-state index contributed by atoms with van der Waals surface area (Å²) in [5, 5.41) is 9.63. The summed E-state index contributed by atoms with van der Waals surface area (Å²) in [5.41, 5.74) is -1.51. The lowest BCUT2D eigenvalue weighted by Gasteiger charge is -2.22. The third kappa shape index (κ3) is 5.99. The monoisotopic (exact) mass is 514 g/mol. The SMILES string of the molecule is CC(C)CC(C(=O)O)c1ccc(-c2ccc(C(F)(F)F)cc2Cl)cc1-c1ccccc1C(F)(F)F. The Kier molecular flexibility index (Phi) is 7.55. The Morgan fingerprint density at radius 1 is 0.857 bits per heavy atom. The van der Waals surface area contributed by atoms with Crippen LogP contribution in [0.4, 0.5) is 26.3 Å². The maximum atomic E-state index is 13.8. The zero-order chi connectivity index (χ0) is 26.1. The van der Waals surface area contributed by atoms with E-state index in [1.807, 2.05) is 0 Å². The molecule has 0 aromatic heterocycles. The van der Waals surface area contributed by atoms with Crippen molar-refractivity contribution in [1.29, 1.82) is 0 Å². The fourth-order valence-electron chi connectivity index (χ4n) is 3.98. The van der Waals surface area contributed by atoms with Crippen LogP contribution >= 0.6 is 11.6 Å². The molecule has 3 aromatic carbocycles. The van der Waals surface area contributed by atoms with Crippen LogP contribution in [-0.2, 0) is 17.1 Å². The van der Waals surface area contributed by atoms with Crippen molar-refractivity contribution in [3.05, 3.63) is 82.4 Å². The average molecular weight is 515 g/mol. The lowest BCUT2D eigenvalue weighted by Crippen LogP contribution is -2.16. The first-order valence-electron chi connectivity index (χ1n) is 10.6. The number of benzene rings is 3. The summed E-state index contributed by atoms with van der Waals surface area (Å²) < 4.78 is 80.6. The molecular weight excluding hydrogens is 494 g/mol. The lowest BCUT2D eigenvalue weighted by atomic mass is 9.83. The van der Waals surface area contributed by atoms with Gasteiger partial charge in [0.05, 0.1) is 17.0 Å². The summed E-state index contributed by atoms with van der Waals surface area (Å²) in [7, 11) is 0. The summed E-state index contributed by atoms with van der Waals surface area (Å²) >= 11 is 6.12. The Hall–Kier alpha value is -3.00. The number of hydrogen-bond donors (Lipinski definition) is 1. The molecule has 3 rings (SSSR count). The van der Waals surface area contributed by atoms with Crippen molar-refractivity contribution in [3.63, 3.8) is 0 Å². The highest BCUT2D eigenvalue weighted by Crippen LogP contribution is 2.43. The third-order valence-corrected chi connectivity index (χ3v) is 5.88. The molecule has 0 saturated carbocycles. The van der Waals surface area contributed by atoms with Gasteiger partial charge in [0.2, 0.25) is 0 Å². The quantitative estimate of drug-likeness (QED) is 0.333. The van der Waals surface area contributed by atoms with E-state index in [0.29, 0.717) is 0 Å². The van der Waals surface area contributed by atoms with Gasteiger partial charge in [-0.2, -0.15) is 26.3 Å². The molecule has 0 aliphatic rings. The zero-order valence-electron chi connectivity index (χ0n) is 18.6. The second-order valence-electron chi connectivity index (χ2n) is 8.56. The minimum absolute atomic E-state index is 0.0273. The molecular formula is C26H21ClF6O2. The van der Waals surface area contributed by atoms with Crippen LogP contribution < -0.4 is 0 Å². The zero-order valence-corrected chi connectivity index (χ0v) is 19.4. The van der Waals surface area contributed by atoms with Crippen molar-refractivity contribution >= 4 is 17.6 Å². The predicted octanol–water partition coefficient (Wildman–Crippen LogP) is 8.93. The van der Waals surface area contributed by atoms with E-state index in [-0.39, 0.29) is 45.2 Å². The number of halogens is 7. The molecule has 2 nitrogen and oxygen atoms in total. The average Bonchev–Trinajstić information content (AvgIpc) is 2.75. The molecule has 0 aliphatic heterocycles. The molecule has 35 heavy (non-hydrogen) atoms. The molecule has 0 spiro atoms. The van der Waals surface area contributed by atoms with Gasteiger partial charge in [0.1, 0.15) is 0 Å². The number of alkyl halides is 6. The fourth-order valence-corrected chi connectivity index (χ4v) is 4.27. The minimum atomic E-state index is -4.72. The van der Waals surface area contributed by atoms with E-state index < -0.39 is 35.4 Å². The Labute approximate surface area is 203 Å². The van der Waals surface area contributed by atoms with Crippen LogP contribution in [0.1, 0.15) is 42.9 Å².